The van der Waals surface area contributed by atoms with Crippen molar-refractivity contribution in [2.45, 2.75) is 31.3 Å². The molecule has 3 rings (SSSR count). The molecule has 1 aromatic heterocycles. The van der Waals surface area contributed by atoms with Crippen LogP contribution in [0, 0.1) is 0 Å². The maximum Gasteiger partial charge on any atom is 0.266 e. The first-order chi connectivity index (χ1) is 13.5. The standard InChI is InChI=1S/C22H25N3O2S/c1-4-5-8-16-11-13-17(14-12-16)25-21(27)18-9-6-7-10-19(18)23-22(25)28-15-20(26)24(2)3/h6-7,9-14H,4-5,8,15H2,1-3H3. The highest BCUT2D eigenvalue weighted by Crippen LogP contribution is 2.22. The number of nitrogens with zero attached hydrogens (tertiary/aromatic N) is 3. The molecule has 0 N–H and O–H groups in total. The zero-order valence-electron chi connectivity index (χ0n) is 16.5. The van der Waals surface area contributed by atoms with Gasteiger partial charge in [0.1, 0.15) is 0 Å². The molecule has 3 aromatic rings. The Morgan fingerprint density at radius 1 is 1.11 bits per heavy atom. The highest BCUT2D eigenvalue weighted by Gasteiger charge is 2.15. The lowest BCUT2D eigenvalue weighted by Gasteiger charge is -2.15. The first kappa shape index (κ1) is 20.1. The van der Waals surface area contributed by atoms with Crippen LogP contribution in [0.2, 0.25) is 0 Å². The van der Waals surface area contributed by atoms with E-state index >= 15 is 0 Å². The summed E-state index contributed by atoms with van der Waals surface area (Å²) in [7, 11) is 3.44. The number of aromatic nitrogens is 2. The Hall–Kier alpha value is -2.60. The number of carbonyl (C=O) groups excluding carboxylic acids is 1. The van der Waals surface area contributed by atoms with Gasteiger partial charge in [0, 0.05) is 14.1 Å². The first-order valence-corrected chi connectivity index (χ1v) is 10.4. The van der Waals surface area contributed by atoms with Crippen LogP contribution < -0.4 is 5.56 Å². The van der Waals surface area contributed by atoms with Crippen molar-refractivity contribution in [1.29, 1.82) is 0 Å². The summed E-state index contributed by atoms with van der Waals surface area (Å²) in [6.07, 6.45) is 3.32. The quantitative estimate of drug-likeness (QED) is 0.450. The molecule has 0 unspecified atom stereocenters. The van der Waals surface area contributed by atoms with Gasteiger partial charge in [-0.2, -0.15) is 0 Å². The van der Waals surface area contributed by atoms with Crippen molar-refractivity contribution in [3.05, 3.63) is 64.4 Å². The largest absolute Gasteiger partial charge is 0.348 e. The second-order valence-corrected chi connectivity index (χ2v) is 7.84. The third-order valence-electron chi connectivity index (χ3n) is 4.58. The number of amides is 1. The summed E-state index contributed by atoms with van der Waals surface area (Å²) in [5, 5.41) is 1.10. The molecule has 5 nitrogen and oxygen atoms in total. The Labute approximate surface area is 169 Å². The fraction of sp³-hybridized carbons (Fsp3) is 0.318. The van der Waals surface area contributed by atoms with Gasteiger partial charge in [-0.25, -0.2) is 4.98 Å². The van der Waals surface area contributed by atoms with Crippen molar-refractivity contribution in [2.75, 3.05) is 19.8 Å². The number of fused-ring (bicyclic) bond motifs is 1. The van der Waals surface area contributed by atoms with Gasteiger partial charge in [-0.05, 0) is 42.7 Å². The summed E-state index contributed by atoms with van der Waals surface area (Å²) in [6.45, 7) is 2.17. The van der Waals surface area contributed by atoms with Gasteiger partial charge in [-0.15, -0.1) is 0 Å². The van der Waals surface area contributed by atoms with Crippen LogP contribution in [0.15, 0.2) is 58.5 Å². The SMILES string of the molecule is CCCCc1ccc(-n2c(SCC(=O)N(C)C)nc3ccccc3c2=O)cc1. The van der Waals surface area contributed by atoms with E-state index in [1.165, 1.54) is 17.3 Å². The topological polar surface area (TPSA) is 55.2 Å². The number of aryl methyl sites for hydroxylation is 1. The van der Waals surface area contributed by atoms with Gasteiger partial charge >= 0.3 is 0 Å². The van der Waals surface area contributed by atoms with E-state index in [0.29, 0.717) is 16.1 Å². The van der Waals surface area contributed by atoms with Gasteiger partial charge < -0.3 is 4.90 Å². The van der Waals surface area contributed by atoms with E-state index in [0.717, 1.165) is 24.9 Å². The third kappa shape index (κ3) is 4.44. The lowest BCUT2D eigenvalue weighted by molar-refractivity contribution is -0.125. The van der Waals surface area contributed by atoms with E-state index < -0.39 is 0 Å². The number of benzene rings is 2. The van der Waals surface area contributed by atoms with Crippen molar-refractivity contribution < 1.29 is 4.79 Å². The van der Waals surface area contributed by atoms with Crippen molar-refractivity contribution in [2.24, 2.45) is 0 Å². The van der Waals surface area contributed by atoms with Gasteiger partial charge in [0.05, 0.1) is 22.3 Å². The molecule has 1 amide bonds. The predicted molar refractivity (Wildman–Crippen MR) is 115 cm³/mol. The zero-order valence-corrected chi connectivity index (χ0v) is 17.3. The summed E-state index contributed by atoms with van der Waals surface area (Å²) in [5.74, 6) is 0.209. The molecule has 0 aliphatic carbocycles. The predicted octanol–water partition coefficient (Wildman–Crippen LogP) is 3.91. The minimum atomic E-state index is -0.119. The molecule has 0 atom stereocenters. The van der Waals surface area contributed by atoms with Crippen molar-refractivity contribution in [3.63, 3.8) is 0 Å². The zero-order chi connectivity index (χ0) is 20.1. The maximum absolute atomic E-state index is 13.2. The molecule has 1 heterocycles. The monoisotopic (exact) mass is 395 g/mol. The van der Waals surface area contributed by atoms with Crippen molar-refractivity contribution >= 4 is 28.6 Å². The smallest absolute Gasteiger partial charge is 0.266 e. The van der Waals surface area contributed by atoms with Gasteiger partial charge in [-0.3, -0.25) is 14.2 Å². The molecule has 0 spiro atoms. The number of hydrogen-bond donors (Lipinski definition) is 0. The first-order valence-electron chi connectivity index (χ1n) is 9.45. The fourth-order valence-corrected chi connectivity index (χ4v) is 3.88. The Balaban J connectivity index is 2.05. The summed E-state index contributed by atoms with van der Waals surface area (Å²) >= 11 is 1.29. The fourth-order valence-electron chi connectivity index (χ4n) is 2.88. The van der Waals surface area contributed by atoms with Crippen molar-refractivity contribution in [1.82, 2.24) is 14.5 Å². The highest BCUT2D eigenvalue weighted by atomic mass is 32.2. The van der Waals surface area contributed by atoms with E-state index in [-0.39, 0.29) is 17.2 Å². The van der Waals surface area contributed by atoms with Crippen LogP contribution in [0.5, 0.6) is 0 Å². The minimum absolute atomic E-state index is 0.0196. The van der Waals surface area contributed by atoms with Crippen LogP contribution in [0.1, 0.15) is 25.3 Å². The van der Waals surface area contributed by atoms with Crippen molar-refractivity contribution in [3.8, 4) is 5.69 Å². The summed E-state index contributed by atoms with van der Waals surface area (Å²) in [5.41, 5.74) is 2.54. The molecular weight excluding hydrogens is 370 g/mol. The van der Waals surface area contributed by atoms with E-state index in [1.807, 2.05) is 30.3 Å². The van der Waals surface area contributed by atoms with E-state index in [4.69, 9.17) is 0 Å². The molecule has 0 radical (unpaired) electrons. The summed E-state index contributed by atoms with van der Waals surface area (Å²) in [6, 6.07) is 15.4. The highest BCUT2D eigenvalue weighted by molar-refractivity contribution is 7.99. The molecule has 0 bridgehead atoms. The number of thioether (sulfide) groups is 1. The second-order valence-electron chi connectivity index (χ2n) is 6.90. The van der Waals surface area contributed by atoms with Crippen LogP contribution in [0.4, 0.5) is 0 Å². The summed E-state index contributed by atoms with van der Waals surface area (Å²) in [4.78, 5) is 31.5. The Kier molecular flexibility index (Phi) is 6.52. The maximum atomic E-state index is 13.2. The number of rotatable bonds is 7. The van der Waals surface area contributed by atoms with Crippen LogP contribution in [-0.4, -0.2) is 40.2 Å². The molecule has 0 aliphatic heterocycles. The van der Waals surface area contributed by atoms with E-state index in [1.54, 1.807) is 29.6 Å². The Morgan fingerprint density at radius 3 is 2.50 bits per heavy atom. The number of unbranched alkanes of at least 4 members (excludes halogenated alkanes) is 1. The van der Waals surface area contributed by atoms with Gasteiger partial charge in [0.2, 0.25) is 5.91 Å². The Morgan fingerprint density at radius 2 is 1.82 bits per heavy atom. The van der Waals surface area contributed by atoms with Crippen LogP contribution >= 0.6 is 11.8 Å². The van der Waals surface area contributed by atoms with E-state index in [2.05, 4.69) is 24.0 Å². The number of hydrogen-bond acceptors (Lipinski definition) is 4. The van der Waals surface area contributed by atoms with Crippen LogP contribution in [-0.2, 0) is 11.2 Å². The lowest BCUT2D eigenvalue weighted by Crippen LogP contribution is -2.25. The second kappa shape index (κ2) is 9.06. The molecule has 2 aromatic carbocycles. The Bertz CT molecular complexity index is 1030. The van der Waals surface area contributed by atoms with Gasteiger partial charge in [0.25, 0.3) is 5.56 Å². The molecule has 146 valence electrons. The lowest BCUT2D eigenvalue weighted by atomic mass is 10.1. The molecule has 0 fully saturated rings. The normalized spacial score (nSPS) is 11.0. The summed E-state index contributed by atoms with van der Waals surface area (Å²) < 4.78 is 1.61. The van der Waals surface area contributed by atoms with Crippen LogP contribution in [0.3, 0.4) is 0 Å². The molecule has 0 aliphatic rings. The third-order valence-corrected chi connectivity index (χ3v) is 5.51. The number of carbonyl (C=O) groups is 1. The average Bonchev–Trinajstić information content (AvgIpc) is 2.71. The number of para-hydroxylation sites is 1. The molecule has 28 heavy (non-hydrogen) atoms. The molecular formula is C22H25N3O2S. The van der Waals surface area contributed by atoms with E-state index in [9.17, 15) is 9.59 Å². The van der Waals surface area contributed by atoms with Gasteiger partial charge in [0.15, 0.2) is 5.16 Å². The minimum Gasteiger partial charge on any atom is -0.348 e. The van der Waals surface area contributed by atoms with Gasteiger partial charge in [-0.1, -0.05) is 49.4 Å². The average molecular weight is 396 g/mol. The molecule has 0 saturated carbocycles. The van der Waals surface area contributed by atoms with Crippen LogP contribution in [0.25, 0.3) is 16.6 Å². The molecule has 0 saturated heterocycles. The molecule has 6 heteroatoms.